The largest absolute Gasteiger partial charge is 0.426 e. The highest BCUT2D eigenvalue weighted by Crippen LogP contribution is 2.62. The first-order valence-electron chi connectivity index (χ1n) is 4.34. The molecule has 0 amide bonds. The summed E-state index contributed by atoms with van der Waals surface area (Å²) in [6, 6.07) is 0. The number of rotatable bonds is 0. The monoisotopic (exact) mass is 212 g/mol. The Hall–Kier alpha value is -0.610. The molecule has 0 spiro atoms. The molecule has 5 heteroatoms. The van der Waals surface area contributed by atoms with Gasteiger partial charge in [-0.3, -0.25) is 0 Å². The highest BCUT2D eigenvalue weighted by atomic mass is 19.4. The first-order chi connectivity index (χ1) is 6.21. The van der Waals surface area contributed by atoms with Crippen molar-refractivity contribution in [2.75, 3.05) is 0 Å². The molecule has 0 aromatic rings. The van der Waals surface area contributed by atoms with Crippen LogP contribution in [0.4, 0.5) is 22.0 Å². The maximum atomic E-state index is 13.7. The predicted octanol–water partition coefficient (Wildman–Crippen LogP) is 3.19. The van der Waals surface area contributed by atoms with Crippen LogP contribution in [0, 0.1) is 11.8 Å². The molecule has 0 N–H and O–H groups in total. The van der Waals surface area contributed by atoms with Crippen molar-refractivity contribution in [3.8, 4) is 0 Å². The summed E-state index contributed by atoms with van der Waals surface area (Å²) >= 11 is 0. The minimum Gasteiger partial charge on any atom is -0.240 e. The van der Waals surface area contributed by atoms with E-state index >= 15 is 0 Å². The van der Waals surface area contributed by atoms with Crippen molar-refractivity contribution in [1.82, 2.24) is 0 Å². The number of halogens is 5. The van der Waals surface area contributed by atoms with E-state index in [1.807, 2.05) is 0 Å². The van der Waals surface area contributed by atoms with Crippen LogP contribution < -0.4 is 0 Å². The van der Waals surface area contributed by atoms with E-state index in [4.69, 9.17) is 0 Å². The zero-order valence-electron chi connectivity index (χ0n) is 7.41. The van der Waals surface area contributed by atoms with Crippen LogP contribution in [-0.4, -0.2) is 17.5 Å². The maximum Gasteiger partial charge on any atom is 0.426 e. The second kappa shape index (κ2) is 2.31. The second-order valence-electron chi connectivity index (χ2n) is 4.12. The average Bonchev–Trinajstić information content (AvgIpc) is 2.52. The molecule has 1 saturated carbocycles. The fourth-order valence-corrected chi connectivity index (χ4v) is 2.52. The number of hydrogen-bond acceptors (Lipinski definition) is 0. The quantitative estimate of drug-likeness (QED) is 0.427. The molecule has 4 unspecified atom stereocenters. The molecule has 2 aliphatic rings. The van der Waals surface area contributed by atoms with Crippen LogP contribution in [0.15, 0.2) is 12.2 Å². The standard InChI is InChI=1S/C9H9F5/c1-7(10)5-2-3-6(4-5)8(7,11)9(12,13)14/h2-3,5-6H,4H2,1H3. The molecule has 2 rings (SSSR count). The van der Waals surface area contributed by atoms with Crippen molar-refractivity contribution in [3.63, 3.8) is 0 Å². The third-order valence-corrected chi connectivity index (χ3v) is 3.41. The Morgan fingerprint density at radius 3 is 1.93 bits per heavy atom. The van der Waals surface area contributed by atoms with Crippen molar-refractivity contribution < 1.29 is 22.0 Å². The summed E-state index contributed by atoms with van der Waals surface area (Å²) in [7, 11) is 0. The van der Waals surface area contributed by atoms with E-state index in [1.165, 1.54) is 6.08 Å². The van der Waals surface area contributed by atoms with Gasteiger partial charge in [-0.2, -0.15) is 13.2 Å². The maximum absolute atomic E-state index is 13.7. The van der Waals surface area contributed by atoms with Crippen LogP contribution >= 0.6 is 0 Å². The number of alkyl halides is 5. The zero-order valence-corrected chi connectivity index (χ0v) is 7.41. The Kier molecular flexibility index (Phi) is 1.64. The van der Waals surface area contributed by atoms with Gasteiger partial charge in [-0.1, -0.05) is 12.2 Å². The van der Waals surface area contributed by atoms with E-state index in [9.17, 15) is 22.0 Å². The lowest BCUT2D eigenvalue weighted by Crippen LogP contribution is -2.58. The Balaban J connectivity index is 2.50. The summed E-state index contributed by atoms with van der Waals surface area (Å²) in [4.78, 5) is 0. The smallest absolute Gasteiger partial charge is 0.240 e. The van der Waals surface area contributed by atoms with Crippen molar-refractivity contribution in [3.05, 3.63) is 12.2 Å². The summed E-state index contributed by atoms with van der Waals surface area (Å²) in [5.41, 5.74) is -6.54. The summed E-state index contributed by atoms with van der Waals surface area (Å²) in [5.74, 6) is -2.30. The first-order valence-corrected chi connectivity index (χ1v) is 4.34. The minimum absolute atomic E-state index is 0.0803. The molecule has 0 aromatic heterocycles. The highest BCUT2D eigenvalue weighted by molar-refractivity contribution is 5.28. The van der Waals surface area contributed by atoms with E-state index in [0.29, 0.717) is 6.92 Å². The third-order valence-electron chi connectivity index (χ3n) is 3.41. The van der Waals surface area contributed by atoms with Crippen LogP contribution in [0.3, 0.4) is 0 Å². The number of allylic oxidation sites excluding steroid dienone is 2. The summed E-state index contributed by atoms with van der Waals surface area (Å²) < 4.78 is 64.8. The van der Waals surface area contributed by atoms with E-state index < -0.39 is 29.3 Å². The molecule has 0 radical (unpaired) electrons. The van der Waals surface area contributed by atoms with E-state index in [2.05, 4.69) is 0 Å². The second-order valence-corrected chi connectivity index (χ2v) is 4.12. The molecule has 80 valence electrons. The van der Waals surface area contributed by atoms with Crippen molar-refractivity contribution in [2.45, 2.75) is 30.9 Å². The van der Waals surface area contributed by atoms with E-state index in [-0.39, 0.29) is 6.42 Å². The van der Waals surface area contributed by atoms with Gasteiger partial charge in [0.1, 0.15) is 0 Å². The van der Waals surface area contributed by atoms with Gasteiger partial charge in [-0.05, 0) is 13.3 Å². The topological polar surface area (TPSA) is 0 Å². The van der Waals surface area contributed by atoms with Gasteiger partial charge in [0.15, 0.2) is 5.67 Å². The molecule has 14 heavy (non-hydrogen) atoms. The molecular formula is C9H9F5. The lowest BCUT2D eigenvalue weighted by molar-refractivity contribution is -0.274. The van der Waals surface area contributed by atoms with Gasteiger partial charge >= 0.3 is 6.18 Å². The molecule has 0 aliphatic heterocycles. The third kappa shape index (κ3) is 0.834. The molecule has 0 nitrogen and oxygen atoms in total. The van der Waals surface area contributed by atoms with Gasteiger partial charge in [0.05, 0.1) is 0 Å². The Labute approximate surface area is 77.8 Å². The molecule has 0 saturated heterocycles. The van der Waals surface area contributed by atoms with Crippen molar-refractivity contribution >= 4 is 0 Å². The fraction of sp³-hybridized carbons (Fsp3) is 0.778. The van der Waals surface area contributed by atoms with Crippen LogP contribution in [0.25, 0.3) is 0 Å². The number of hydrogen-bond donors (Lipinski definition) is 0. The van der Waals surface area contributed by atoms with Crippen LogP contribution in [-0.2, 0) is 0 Å². The van der Waals surface area contributed by atoms with Gasteiger partial charge in [0, 0.05) is 11.8 Å². The molecule has 4 atom stereocenters. The van der Waals surface area contributed by atoms with Gasteiger partial charge in [0.25, 0.3) is 0 Å². The summed E-state index contributed by atoms with van der Waals surface area (Å²) in [6.07, 6.45) is -2.74. The van der Waals surface area contributed by atoms with Crippen LogP contribution in [0.1, 0.15) is 13.3 Å². The normalized spacial score (nSPS) is 51.6. The van der Waals surface area contributed by atoms with Crippen LogP contribution in [0.5, 0.6) is 0 Å². The van der Waals surface area contributed by atoms with Gasteiger partial charge < -0.3 is 0 Å². The van der Waals surface area contributed by atoms with E-state index in [1.54, 1.807) is 0 Å². The highest BCUT2D eigenvalue weighted by Gasteiger charge is 2.77. The van der Waals surface area contributed by atoms with Crippen LogP contribution in [0.2, 0.25) is 0 Å². The van der Waals surface area contributed by atoms with Gasteiger partial charge in [-0.25, -0.2) is 8.78 Å². The fourth-order valence-electron chi connectivity index (χ4n) is 2.52. The lowest BCUT2D eigenvalue weighted by atomic mass is 9.78. The average molecular weight is 212 g/mol. The molecule has 1 fully saturated rings. The molecule has 2 bridgehead atoms. The zero-order chi connectivity index (χ0) is 10.8. The molecular weight excluding hydrogens is 203 g/mol. The first kappa shape index (κ1) is 9.93. The van der Waals surface area contributed by atoms with E-state index in [0.717, 1.165) is 6.08 Å². The molecule has 0 aromatic carbocycles. The summed E-state index contributed by atoms with van der Waals surface area (Å²) in [6.45, 7) is 0.703. The van der Waals surface area contributed by atoms with Gasteiger partial charge in [0.2, 0.25) is 5.67 Å². The Bertz CT molecular complexity index is 290. The lowest BCUT2D eigenvalue weighted by Gasteiger charge is -2.38. The molecule has 0 heterocycles. The predicted molar refractivity (Wildman–Crippen MR) is 40.1 cm³/mol. The summed E-state index contributed by atoms with van der Waals surface area (Å²) in [5, 5.41) is 0. The van der Waals surface area contributed by atoms with Crippen molar-refractivity contribution in [2.24, 2.45) is 11.8 Å². The van der Waals surface area contributed by atoms with Gasteiger partial charge in [-0.15, -0.1) is 0 Å². The van der Waals surface area contributed by atoms with Crippen molar-refractivity contribution in [1.29, 1.82) is 0 Å². The Morgan fingerprint density at radius 1 is 1.14 bits per heavy atom. The number of fused-ring (bicyclic) bond motifs is 2. The molecule has 2 aliphatic carbocycles. The Morgan fingerprint density at radius 2 is 1.64 bits per heavy atom. The minimum atomic E-state index is -5.14. The SMILES string of the molecule is CC1(F)C2C=CC(C2)C1(F)C(F)(F)F.